The summed E-state index contributed by atoms with van der Waals surface area (Å²) in [5.74, 6) is -30.0. The fourth-order valence-corrected chi connectivity index (χ4v) is 12.9. The van der Waals surface area contributed by atoms with E-state index >= 15 is 0 Å². The van der Waals surface area contributed by atoms with Crippen LogP contribution in [0.15, 0.2) is 66.2 Å². The zero-order valence-electron chi connectivity index (χ0n) is 64.7. The van der Waals surface area contributed by atoms with E-state index in [1.807, 2.05) is 16.0 Å². The Morgan fingerprint density at radius 3 is 1.77 bits per heavy atom. The number of esters is 1. The summed E-state index contributed by atoms with van der Waals surface area (Å²) in [7, 11) is 0. The molecule has 642 valence electrons. The zero-order chi connectivity index (χ0) is 87.6. The number of aromatic nitrogens is 1. The summed E-state index contributed by atoms with van der Waals surface area (Å²) in [4.78, 5) is 278. The van der Waals surface area contributed by atoms with Gasteiger partial charge in [0.15, 0.2) is 5.78 Å². The summed E-state index contributed by atoms with van der Waals surface area (Å²) in [6.07, 6.45) is -2.84. The van der Waals surface area contributed by atoms with Crippen LogP contribution in [-0.2, 0) is 104 Å². The standard InChI is InChI=1S/C74H99N17O26S/c1-5-6-7-8-9-15-38-23-53(118-34-38)71(113)88-45(24-39-30-78-43-19-13-11-16-40(39)43)67(109)85-46(26-54(77)94)68(110)87-49(29-60(103)104)69(111)91-62-37(4)117-74(116)50(25-52(93)41-17-10-12-18-42(41)76)89-73(115)61(35(2)22-57(97)98)90-70(112)51(33-92)83-56(96)31-79-64(106)47(27-58(99)100)84-63(105)36(3)81-66(108)48(28-59(101)102)86-65(107)44(20-14-21-75)82-55(95)32-80-72(62)114/h10-13,16-19,23,30,34-37,44-51,61-62,78,92H,5-9,14-15,20-22,24-29,31-33,75-76H2,1-4H3,(H2,77,94)(H,79,106)(H,80,114)(H,81,108)(H,82,95)(H,83,96)(H,84,105)(H,85,109)(H,86,107)(H,87,110)(H,88,113)(H,89,115)(H,90,112)(H,91,111)(H,97,98)(H,99,100)(H,101,102)(H,103,104)/t35-,36-,37-,44+,45+,46-,47+,48+,49+,50+,51-,61?,62+/m1/s1. The van der Waals surface area contributed by atoms with Gasteiger partial charge in [-0.1, -0.05) is 69.9 Å². The van der Waals surface area contributed by atoms with Gasteiger partial charge in [-0.3, -0.25) is 91.1 Å². The molecule has 0 saturated carbocycles. The molecular formula is C74H99N17O26S. The largest absolute Gasteiger partial charge is 0.481 e. The molecule has 3 heterocycles. The highest BCUT2D eigenvalue weighted by atomic mass is 32.1. The van der Waals surface area contributed by atoms with Crippen LogP contribution in [0, 0.1) is 5.92 Å². The van der Waals surface area contributed by atoms with Gasteiger partial charge in [-0.2, -0.15) is 0 Å². The number of aliphatic carboxylic acids is 4. The molecule has 5 rings (SSSR count). The number of nitrogen functional groups attached to an aromatic ring is 1. The number of cyclic esters (lactones) is 1. The quantitative estimate of drug-likeness (QED) is 0.00902. The maximum atomic E-state index is 14.9. The van der Waals surface area contributed by atoms with E-state index in [0.717, 1.165) is 69.8 Å². The third-order valence-corrected chi connectivity index (χ3v) is 19.2. The van der Waals surface area contributed by atoms with Crippen molar-refractivity contribution in [1.29, 1.82) is 0 Å². The SMILES string of the molecule is CCCCCCCc1csc(C(=O)N[C@@H](Cc2c[nH]c3ccccc23)C(=O)N[C@H](CC(N)=O)C(=O)N[C@@H](CC(=O)O)C(=O)N[C@@H]2C(=O)NCC(=O)N[C@@H](CCCN)C(=O)N[C@@H](CC(=O)O)C(=O)N[C@H](C)C(=O)N[C@@H](CC(=O)O)C(=O)NCC(=O)N[C@H](CO)C(=O)NC([C@H](C)CC(=O)O)C(=O)N[C@@H](CC(=O)c3ccccc3N)C(=O)O[C@@H]2C)c1. The number of ketones is 1. The van der Waals surface area contributed by atoms with Crippen LogP contribution in [0.2, 0.25) is 0 Å². The normalized spacial score (nSPS) is 20.9. The predicted octanol–water partition coefficient (Wildman–Crippen LogP) is -4.87. The van der Waals surface area contributed by atoms with Gasteiger partial charge in [-0.05, 0) is 92.8 Å². The molecule has 0 bridgehead atoms. The number of nitrogens with one attached hydrogen (secondary N) is 14. The molecule has 44 heteroatoms. The minimum absolute atomic E-state index is 0.0969. The Hall–Kier alpha value is -13.0. The number of amides is 14. The van der Waals surface area contributed by atoms with Gasteiger partial charge in [0, 0.05) is 41.2 Å². The molecule has 1 saturated heterocycles. The predicted molar refractivity (Wildman–Crippen MR) is 414 cm³/mol. The van der Waals surface area contributed by atoms with Crippen LogP contribution in [0.25, 0.3) is 10.9 Å². The second kappa shape index (κ2) is 47.1. The third-order valence-electron chi connectivity index (χ3n) is 18.3. The van der Waals surface area contributed by atoms with E-state index in [9.17, 15) is 121 Å². The number of fused-ring (bicyclic) bond motifs is 1. The lowest BCUT2D eigenvalue weighted by Gasteiger charge is -2.30. The Labute approximate surface area is 677 Å². The number of hydrogen-bond acceptors (Lipinski definition) is 25. The van der Waals surface area contributed by atoms with Gasteiger partial charge < -0.3 is 122 Å². The molecule has 13 atom stereocenters. The first kappa shape index (κ1) is 95.6. The van der Waals surface area contributed by atoms with Crippen LogP contribution in [0.3, 0.4) is 0 Å². The second-order valence-electron chi connectivity index (χ2n) is 27.8. The molecular weight excluding hydrogens is 1570 g/mol. The van der Waals surface area contributed by atoms with Crippen LogP contribution < -0.4 is 86.3 Å². The number of H-pyrrole nitrogens is 1. The molecule has 2 aromatic heterocycles. The lowest BCUT2D eigenvalue weighted by Crippen LogP contribution is -2.62. The van der Waals surface area contributed by atoms with Gasteiger partial charge >= 0.3 is 29.8 Å². The number of aromatic amines is 1. The number of aliphatic hydroxyl groups excluding tert-OH is 1. The lowest BCUT2D eigenvalue weighted by molar-refractivity contribution is -0.156. The van der Waals surface area contributed by atoms with Gasteiger partial charge in [0.05, 0.1) is 56.7 Å². The first-order valence-corrected chi connectivity index (χ1v) is 38.3. The maximum Gasteiger partial charge on any atom is 0.329 e. The summed E-state index contributed by atoms with van der Waals surface area (Å²) < 4.78 is 5.69. The number of thiophene rings is 1. The van der Waals surface area contributed by atoms with Crippen LogP contribution in [0.1, 0.15) is 142 Å². The van der Waals surface area contributed by atoms with Gasteiger partial charge in [0.1, 0.15) is 72.6 Å². The Balaban J connectivity index is 1.60. The molecule has 2 aromatic carbocycles. The minimum atomic E-state index is -2.46. The van der Waals surface area contributed by atoms with E-state index in [2.05, 4.69) is 65.1 Å². The molecule has 4 aromatic rings. The lowest BCUT2D eigenvalue weighted by atomic mass is 9.96. The number of Topliss-reactive ketones (excluding diaryl/α,β-unsaturated/α-hetero) is 1. The van der Waals surface area contributed by atoms with E-state index in [4.69, 9.17) is 21.9 Å². The number of aryl methyl sites for hydroxylation is 1. The van der Waals surface area contributed by atoms with Crippen LogP contribution in [-0.4, -0.2) is 248 Å². The molecule has 1 aliphatic rings. The first-order chi connectivity index (χ1) is 55.8. The van der Waals surface area contributed by atoms with Gasteiger partial charge in [0.2, 0.25) is 76.8 Å². The van der Waals surface area contributed by atoms with Crippen molar-refractivity contribution < 1.29 is 126 Å². The Morgan fingerprint density at radius 2 is 1.15 bits per heavy atom. The maximum absolute atomic E-state index is 14.9. The number of rotatable bonds is 34. The average molecular weight is 1670 g/mol. The average Bonchev–Trinajstić information content (AvgIpc) is 1.67. The number of anilines is 1. The van der Waals surface area contributed by atoms with E-state index in [1.54, 1.807) is 41.9 Å². The Kier molecular flexibility index (Phi) is 38.2. The highest BCUT2D eigenvalue weighted by molar-refractivity contribution is 7.12. The van der Waals surface area contributed by atoms with Gasteiger partial charge in [0.25, 0.3) is 5.91 Å². The van der Waals surface area contributed by atoms with Crippen molar-refractivity contribution in [3.05, 3.63) is 87.7 Å². The number of carbonyl (C=O) groups excluding carboxylic acids is 16. The minimum Gasteiger partial charge on any atom is -0.481 e. The molecule has 14 amide bonds. The van der Waals surface area contributed by atoms with Crippen molar-refractivity contribution in [3.63, 3.8) is 0 Å². The van der Waals surface area contributed by atoms with Gasteiger partial charge in [-0.25, -0.2) is 4.79 Å². The molecule has 1 fully saturated rings. The number of nitrogens with two attached hydrogens (primary N) is 3. The topological polar surface area (TPSA) is 702 Å². The molecule has 0 spiro atoms. The fourth-order valence-electron chi connectivity index (χ4n) is 12.0. The molecule has 1 unspecified atom stereocenters. The highest BCUT2D eigenvalue weighted by Crippen LogP contribution is 2.23. The monoisotopic (exact) mass is 1670 g/mol. The van der Waals surface area contributed by atoms with E-state index < -0.39 is 261 Å². The zero-order valence-corrected chi connectivity index (χ0v) is 65.6. The summed E-state index contributed by atoms with van der Waals surface area (Å²) in [6.45, 7) is 1.11. The van der Waals surface area contributed by atoms with E-state index in [0.29, 0.717) is 22.9 Å². The fraction of sp³-hybridized carbons (Fsp3) is 0.486. The summed E-state index contributed by atoms with van der Waals surface area (Å²) in [5.41, 5.74) is 18.9. The van der Waals surface area contributed by atoms with E-state index in [-0.39, 0.29) is 35.5 Å². The number of para-hydroxylation sites is 2. The molecule has 0 radical (unpaired) electrons. The van der Waals surface area contributed by atoms with Crippen molar-refractivity contribution in [3.8, 4) is 0 Å². The smallest absolute Gasteiger partial charge is 0.329 e. The highest BCUT2D eigenvalue weighted by Gasteiger charge is 2.41. The first-order valence-electron chi connectivity index (χ1n) is 37.4. The number of aliphatic hydroxyl groups is 1. The van der Waals surface area contributed by atoms with E-state index in [1.165, 1.54) is 24.3 Å². The molecule has 43 nitrogen and oxygen atoms in total. The Morgan fingerprint density at radius 1 is 0.585 bits per heavy atom. The number of ether oxygens (including phenoxy) is 1. The van der Waals surface area contributed by atoms with Crippen LogP contribution in [0.5, 0.6) is 0 Å². The van der Waals surface area contributed by atoms with Crippen LogP contribution >= 0.6 is 11.3 Å². The number of carbonyl (C=O) groups is 20. The molecule has 118 heavy (non-hydrogen) atoms. The second-order valence-corrected chi connectivity index (χ2v) is 28.7. The number of unbranched alkanes of at least 4 members (excludes halogenated alkanes) is 4. The number of benzene rings is 2. The summed E-state index contributed by atoms with van der Waals surface area (Å²) in [5, 5.41) is 80.6. The van der Waals surface area contributed by atoms with Crippen molar-refractivity contribution in [2.75, 3.05) is 32.0 Å². The summed E-state index contributed by atoms with van der Waals surface area (Å²) >= 11 is 1.10. The van der Waals surface area contributed by atoms with Gasteiger partial charge in [-0.15, -0.1) is 11.3 Å². The number of carboxylic acids is 4. The van der Waals surface area contributed by atoms with Crippen molar-refractivity contribution in [1.82, 2.24) is 74.1 Å². The number of hydrogen-bond donors (Lipinski definition) is 22. The molecule has 25 N–H and O–H groups in total. The van der Waals surface area contributed by atoms with Crippen molar-refractivity contribution >= 4 is 146 Å². The van der Waals surface area contributed by atoms with Crippen molar-refractivity contribution in [2.24, 2.45) is 17.4 Å². The third kappa shape index (κ3) is 31.0. The Bertz CT molecular complexity index is 4360. The number of carboxylic acid groups (broad SMARTS) is 4. The number of primary amides is 1. The summed E-state index contributed by atoms with van der Waals surface area (Å²) in [6, 6.07) is -9.05. The van der Waals surface area contributed by atoms with Crippen LogP contribution in [0.4, 0.5) is 5.69 Å². The molecule has 0 aliphatic carbocycles. The van der Waals surface area contributed by atoms with Crippen molar-refractivity contribution in [2.45, 2.75) is 197 Å². The molecule has 1 aliphatic heterocycles.